The van der Waals surface area contributed by atoms with Crippen molar-refractivity contribution in [2.45, 2.75) is 31.7 Å². The van der Waals surface area contributed by atoms with Crippen molar-refractivity contribution < 1.29 is 28.0 Å². The van der Waals surface area contributed by atoms with Crippen LogP contribution in [0.25, 0.3) is 22.4 Å². The smallest absolute Gasteiger partial charge is 0.469 e. The van der Waals surface area contributed by atoms with Crippen LogP contribution in [0.4, 0.5) is 0 Å². The average molecular weight is 512 g/mol. The zero-order valence-corrected chi connectivity index (χ0v) is 20.6. The lowest BCUT2D eigenvalue weighted by Crippen LogP contribution is -2.17. The predicted molar refractivity (Wildman–Crippen MR) is 136 cm³/mol. The zero-order valence-electron chi connectivity index (χ0n) is 19.7. The van der Waals surface area contributed by atoms with Crippen LogP contribution in [-0.4, -0.2) is 33.0 Å². The molecule has 2 heterocycles. The first-order valence-corrected chi connectivity index (χ1v) is 13.3. The van der Waals surface area contributed by atoms with Gasteiger partial charge in [0.1, 0.15) is 11.6 Å². The van der Waals surface area contributed by atoms with E-state index in [1.54, 1.807) is 18.7 Å². The molecule has 2 aromatic heterocycles. The maximum absolute atomic E-state index is 10.9. The maximum atomic E-state index is 10.9. The van der Waals surface area contributed by atoms with E-state index in [1.807, 2.05) is 30.3 Å². The van der Waals surface area contributed by atoms with Crippen LogP contribution < -0.4 is 10.5 Å². The van der Waals surface area contributed by atoms with E-state index in [4.69, 9.17) is 24.7 Å². The second-order valence-corrected chi connectivity index (χ2v) is 9.67. The van der Waals surface area contributed by atoms with E-state index in [0.717, 1.165) is 48.1 Å². The number of benzene rings is 2. The first-order valence-electron chi connectivity index (χ1n) is 11.7. The van der Waals surface area contributed by atoms with Gasteiger partial charge in [0.15, 0.2) is 0 Å². The molecule has 1 atom stereocenters. The number of ether oxygens (including phenoxy) is 1. The molecule has 4 aromatic rings. The number of phosphoric ester groups is 1. The molecular weight excluding hydrogens is 481 g/mol. The lowest BCUT2D eigenvalue weighted by atomic mass is 10.0. The number of phosphoric acid groups is 1. The normalized spacial score (nSPS) is 12.5. The maximum Gasteiger partial charge on any atom is 0.469 e. The van der Waals surface area contributed by atoms with E-state index in [-0.39, 0.29) is 6.61 Å². The Morgan fingerprint density at radius 3 is 2.64 bits per heavy atom. The molecular formula is C26H30N3O6P. The van der Waals surface area contributed by atoms with Gasteiger partial charge >= 0.3 is 7.82 Å². The third kappa shape index (κ3) is 7.40. The number of H-pyrrole nitrogens is 1. The minimum Gasteiger partial charge on any atom is -0.493 e. The van der Waals surface area contributed by atoms with Gasteiger partial charge in [-0.2, -0.15) is 0 Å². The molecule has 0 spiro atoms. The van der Waals surface area contributed by atoms with Crippen LogP contribution in [-0.2, 0) is 15.5 Å². The van der Waals surface area contributed by atoms with Crippen LogP contribution >= 0.6 is 7.82 Å². The van der Waals surface area contributed by atoms with Gasteiger partial charge in [-0.3, -0.25) is 4.52 Å². The molecule has 0 amide bonds. The number of hydrogen-bond donors (Lipinski definition) is 4. The summed E-state index contributed by atoms with van der Waals surface area (Å²) in [5.41, 5.74) is 10.5. The van der Waals surface area contributed by atoms with Crippen LogP contribution in [0.3, 0.4) is 0 Å². The number of hydrogen-bond acceptors (Lipinski definition) is 6. The number of imidazole rings is 1. The van der Waals surface area contributed by atoms with Crippen molar-refractivity contribution in [2.24, 2.45) is 5.73 Å². The number of unbranched alkanes of at least 4 members (excludes halogenated alkanes) is 2. The second kappa shape index (κ2) is 12.2. The number of rotatable bonds is 13. The molecule has 0 radical (unpaired) electrons. The highest BCUT2D eigenvalue weighted by Gasteiger charge is 2.19. The Bertz CT molecular complexity index is 1270. The number of nitrogens with two attached hydrogens (primary N) is 1. The zero-order chi connectivity index (χ0) is 25.4. The number of aryl methyl sites for hydroxylation is 1. The summed E-state index contributed by atoms with van der Waals surface area (Å²) in [4.78, 5) is 25.2. The fraction of sp³-hybridized carbons (Fsp3) is 0.269. The average Bonchev–Trinajstić information content (AvgIpc) is 3.58. The molecule has 0 saturated heterocycles. The molecule has 0 fully saturated rings. The van der Waals surface area contributed by atoms with Crippen molar-refractivity contribution in [2.75, 3.05) is 13.2 Å². The van der Waals surface area contributed by atoms with Crippen molar-refractivity contribution in [1.82, 2.24) is 9.97 Å². The van der Waals surface area contributed by atoms with Crippen molar-refractivity contribution in [1.29, 1.82) is 0 Å². The molecule has 2 aromatic carbocycles. The quantitative estimate of drug-likeness (QED) is 0.141. The van der Waals surface area contributed by atoms with Gasteiger partial charge in [-0.1, -0.05) is 30.3 Å². The Labute approximate surface area is 209 Å². The van der Waals surface area contributed by atoms with E-state index in [9.17, 15) is 4.57 Å². The van der Waals surface area contributed by atoms with Crippen LogP contribution in [0.2, 0.25) is 0 Å². The molecule has 0 aliphatic rings. The third-order valence-corrected chi connectivity index (χ3v) is 6.17. The van der Waals surface area contributed by atoms with E-state index in [1.165, 1.54) is 5.56 Å². The highest BCUT2D eigenvalue weighted by Crippen LogP contribution is 2.37. The Balaban J connectivity index is 1.39. The minimum atomic E-state index is -4.61. The first-order chi connectivity index (χ1) is 17.4. The van der Waals surface area contributed by atoms with Gasteiger partial charge in [-0.05, 0) is 55.5 Å². The molecule has 1 unspecified atom stereocenters. The van der Waals surface area contributed by atoms with Crippen molar-refractivity contribution in [3.05, 3.63) is 84.7 Å². The number of aromatic nitrogens is 2. The molecule has 10 heteroatoms. The summed E-state index contributed by atoms with van der Waals surface area (Å²) in [5, 5.41) is 0. The van der Waals surface area contributed by atoms with Gasteiger partial charge in [0.2, 0.25) is 0 Å². The highest BCUT2D eigenvalue weighted by atomic mass is 31.2. The van der Waals surface area contributed by atoms with Gasteiger partial charge in [0.05, 0.1) is 37.5 Å². The van der Waals surface area contributed by atoms with E-state index in [2.05, 4.69) is 38.8 Å². The van der Waals surface area contributed by atoms with Crippen molar-refractivity contribution >= 4 is 7.82 Å². The van der Waals surface area contributed by atoms with Crippen LogP contribution in [0.15, 0.2) is 77.7 Å². The van der Waals surface area contributed by atoms with E-state index >= 15 is 0 Å². The number of furan rings is 1. The SMILES string of the molecule is NC(COP(=O)(O)O)c1nc(-c2ccc(OCCCCCc3ccccc3)c(-c3ccoc3)c2)c[nH]1. The van der Waals surface area contributed by atoms with Gasteiger partial charge in [-0.25, -0.2) is 9.55 Å². The van der Waals surface area contributed by atoms with E-state index < -0.39 is 13.9 Å². The first kappa shape index (κ1) is 25.9. The van der Waals surface area contributed by atoms with Crippen LogP contribution in [0.1, 0.15) is 36.7 Å². The Kier molecular flexibility index (Phi) is 8.74. The number of nitrogens with one attached hydrogen (secondary N) is 1. The summed E-state index contributed by atoms with van der Waals surface area (Å²) in [7, 11) is -4.61. The largest absolute Gasteiger partial charge is 0.493 e. The standard InChI is InChI=1S/C26H30N3O6P/c27-23(18-35-36(30,31)32)26-28-16-24(29-26)20-10-11-25(22(15-20)21-12-14-33-17-21)34-13-6-2-5-9-19-7-3-1-4-8-19/h1,3-4,7-8,10-12,14-17,23H,2,5-6,9,13,18,27H2,(H,28,29)(H2,30,31,32). The molecule has 0 aliphatic heterocycles. The summed E-state index contributed by atoms with van der Waals surface area (Å²) in [6.45, 7) is 0.246. The number of nitrogens with zero attached hydrogens (tertiary/aromatic N) is 1. The molecule has 0 bridgehead atoms. The molecule has 0 saturated carbocycles. The fourth-order valence-corrected chi connectivity index (χ4v) is 4.18. The monoisotopic (exact) mass is 511 g/mol. The van der Waals surface area contributed by atoms with Crippen LogP contribution in [0.5, 0.6) is 5.75 Å². The van der Waals surface area contributed by atoms with Gasteiger partial charge in [0.25, 0.3) is 0 Å². The van der Waals surface area contributed by atoms with Crippen LogP contribution in [0, 0.1) is 0 Å². The van der Waals surface area contributed by atoms with E-state index in [0.29, 0.717) is 18.1 Å². The van der Waals surface area contributed by atoms with Crippen molar-refractivity contribution in [3.63, 3.8) is 0 Å². The molecule has 5 N–H and O–H groups in total. The minimum absolute atomic E-state index is 0.360. The summed E-state index contributed by atoms with van der Waals surface area (Å²) in [6.07, 6.45) is 9.18. The molecule has 4 rings (SSSR count). The third-order valence-electron chi connectivity index (χ3n) is 5.69. The lowest BCUT2D eigenvalue weighted by Gasteiger charge is -2.12. The van der Waals surface area contributed by atoms with Gasteiger partial charge in [-0.15, -0.1) is 0 Å². The number of aromatic amines is 1. The molecule has 36 heavy (non-hydrogen) atoms. The molecule has 0 aliphatic carbocycles. The Morgan fingerprint density at radius 1 is 1.06 bits per heavy atom. The predicted octanol–water partition coefficient (Wildman–Crippen LogP) is 5.24. The molecule has 9 nitrogen and oxygen atoms in total. The molecule has 190 valence electrons. The Hall–Kier alpha value is -3.20. The summed E-state index contributed by atoms with van der Waals surface area (Å²) in [6, 6.07) is 17.3. The topological polar surface area (TPSA) is 144 Å². The summed E-state index contributed by atoms with van der Waals surface area (Å²) < 4.78 is 26.8. The highest BCUT2D eigenvalue weighted by molar-refractivity contribution is 7.46. The van der Waals surface area contributed by atoms with Gasteiger partial charge < -0.3 is 29.7 Å². The summed E-state index contributed by atoms with van der Waals surface area (Å²) in [5.74, 6) is 1.12. The second-order valence-electron chi connectivity index (χ2n) is 8.43. The Morgan fingerprint density at radius 2 is 1.89 bits per heavy atom. The fourth-order valence-electron chi connectivity index (χ4n) is 3.82. The lowest BCUT2D eigenvalue weighted by molar-refractivity contribution is 0.185. The van der Waals surface area contributed by atoms with Crippen molar-refractivity contribution in [3.8, 4) is 28.1 Å². The summed E-state index contributed by atoms with van der Waals surface area (Å²) >= 11 is 0. The van der Waals surface area contributed by atoms with Gasteiger partial charge in [0, 0.05) is 22.9 Å².